The Morgan fingerprint density at radius 1 is 1.46 bits per heavy atom. The van der Waals surface area contributed by atoms with Crippen LogP contribution in [0, 0.1) is 11.8 Å². The second-order valence-electron chi connectivity index (χ2n) is 3.48. The Kier molecular flexibility index (Phi) is 4.23. The lowest BCUT2D eigenvalue weighted by Crippen LogP contribution is -2.41. The molecule has 0 spiro atoms. The van der Waals surface area contributed by atoms with Crippen LogP contribution in [0.5, 0.6) is 0 Å². The zero-order valence-electron chi connectivity index (χ0n) is 8.48. The van der Waals surface area contributed by atoms with E-state index < -0.39 is 5.92 Å². The predicted molar refractivity (Wildman–Crippen MR) is 50.4 cm³/mol. The molecule has 0 aromatic heterocycles. The average Bonchev–Trinajstić information content (AvgIpc) is 2.03. The highest BCUT2D eigenvalue weighted by Gasteiger charge is 2.27. The molecule has 0 saturated heterocycles. The van der Waals surface area contributed by atoms with Gasteiger partial charge in [-0.25, -0.2) is 0 Å². The molecular weight excluding hydrogens is 170 g/mol. The number of amidine groups is 1. The van der Waals surface area contributed by atoms with Crippen molar-refractivity contribution in [3.05, 3.63) is 0 Å². The molecule has 0 fully saturated rings. The van der Waals surface area contributed by atoms with Gasteiger partial charge < -0.3 is 15.8 Å². The molecule has 3 N–H and O–H groups in total. The third-order valence-corrected chi connectivity index (χ3v) is 1.81. The van der Waals surface area contributed by atoms with Gasteiger partial charge in [0.1, 0.15) is 5.92 Å². The summed E-state index contributed by atoms with van der Waals surface area (Å²) in [6, 6.07) is 0. The Labute approximate surface area is 78.2 Å². The number of nitrogens with two attached hydrogens (primary N) is 1. The molecule has 1 unspecified atom stereocenters. The third-order valence-electron chi connectivity index (χ3n) is 1.81. The van der Waals surface area contributed by atoms with Crippen LogP contribution >= 0.6 is 0 Å². The van der Waals surface area contributed by atoms with Crippen molar-refractivity contribution in [2.75, 3.05) is 14.1 Å². The topological polar surface area (TPSA) is 78.9 Å². The van der Waals surface area contributed by atoms with Gasteiger partial charge >= 0.3 is 0 Å². The molecule has 0 saturated carbocycles. The third kappa shape index (κ3) is 2.93. The maximum atomic E-state index is 11.5. The van der Waals surface area contributed by atoms with Crippen LogP contribution in [0.25, 0.3) is 0 Å². The molecule has 0 aliphatic heterocycles. The number of amides is 1. The van der Waals surface area contributed by atoms with Gasteiger partial charge in [0, 0.05) is 14.1 Å². The van der Waals surface area contributed by atoms with E-state index in [4.69, 9.17) is 10.9 Å². The number of oxime groups is 1. The fourth-order valence-electron chi connectivity index (χ4n) is 1.09. The van der Waals surface area contributed by atoms with Crippen LogP contribution in [0.4, 0.5) is 0 Å². The van der Waals surface area contributed by atoms with Gasteiger partial charge in [0.2, 0.25) is 5.91 Å². The van der Waals surface area contributed by atoms with Crippen molar-refractivity contribution in [2.24, 2.45) is 22.7 Å². The van der Waals surface area contributed by atoms with Crippen molar-refractivity contribution in [3.8, 4) is 0 Å². The summed E-state index contributed by atoms with van der Waals surface area (Å²) in [5, 5.41) is 11.3. The van der Waals surface area contributed by atoms with Crippen LogP contribution in [0.1, 0.15) is 13.8 Å². The summed E-state index contributed by atoms with van der Waals surface area (Å²) in [6.07, 6.45) is 0. The first-order valence-electron chi connectivity index (χ1n) is 4.10. The van der Waals surface area contributed by atoms with Gasteiger partial charge in [-0.3, -0.25) is 4.79 Å². The van der Waals surface area contributed by atoms with E-state index in [2.05, 4.69) is 5.16 Å². The Bertz CT molecular complexity index is 211. The van der Waals surface area contributed by atoms with Crippen molar-refractivity contribution in [1.82, 2.24) is 4.90 Å². The lowest BCUT2D eigenvalue weighted by Gasteiger charge is -2.22. The molecule has 5 heteroatoms. The van der Waals surface area contributed by atoms with Gasteiger partial charge in [-0.05, 0) is 5.92 Å². The summed E-state index contributed by atoms with van der Waals surface area (Å²) in [5.74, 6) is -0.704. The molecule has 76 valence electrons. The highest BCUT2D eigenvalue weighted by molar-refractivity contribution is 6.02. The minimum absolute atomic E-state index is 0.0193. The second-order valence-corrected chi connectivity index (χ2v) is 3.48. The van der Waals surface area contributed by atoms with Gasteiger partial charge in [0.05, 0.1) is 0 Å². The smallest absolute Gasteiger partial charge is 0.233 e. The summed E-state index contributed by atoms with van der Waals surface area (Å²) >= 11 is 0. The summed E-state index contributed by atoms with van der Waals surface area (Å²) in [7, 11) is 3.28. The molecule has 0 aliphatic rings. The highest BCUT2D eigenvalue weighted by atomic mass is 16.4. The number of nitrogens with zero attached hydrogens (tertiary/aromatic N) is 2. The highest BCUT2D eigenvalue weighted by Crippen LogP contribution is 2.13. The van der Waals surface area contributed by atoms with E-state index in [0.29, 0.717) is 0 Å². The summed E-state index contributed by atoms with van der Waals surface area (Å²) in [4.78, 5) is 13.0. The SMILES string of the molecule is CC(C)C(C(=O)N(C)C)C(N)=NO. The van der Waals surface area contributed by atoms with Gasteiger partial charge in [-0.2, -0.15) is 0 Å². The lowest BCUT2D eigenvalue weighted by atomic mass is 9.93. The largest absolute Gasteiger partial charge is 0.409 e. The Morgan fingerprint density at radius 3 is 2.15 bits per heavy atom. The maximum absolute atomic E-state index is 11.5. The normalized spacial score (nSPS) is 14.4. The molecule has 1 atom stereocenters. The molecule has 13 heavy (non-hydrogen) atoms. The van der Waals surface area contributed by atoms with Gasteiger partial charge in [-0.15, -0.1) is 0 Å². The molecular formula is C8H17N3O2. The van der Waals surface area contributed by atoms with Gasteiger partial charge in [0.25, 0.3) is 0 Å². The van der Waals surface area contributed by atoms with Crippen LogP contribution in [0.2, 0.25) is 0 Å². The van der Waals surface area contributed by atoms with E-state index in [1.165, 1.54) is 4.90 Å². The molecule has 1 amide bonds. The number of hydrogen-bond donors (Lipinski definition) is 2. The first-order valence-corrected chi connectivity index (χ1v) is 4.10. The molecule has 0 radical (unpaired) electrons. The lowest BCUT2D eigenvalue weighted by molar-refractivity contribution is -0.131. The summed E-state index contributed by atoms with van der Waals surface area (Å²) in [5.41, 5.74) is 5.41. The van der Waals surface area contributed by atoms with E-state index in [-0.39, 0.29) is 17.7 Å². The number of carbonyl (C=O) groups excluding carboxylic acids is 1. The zero-order chi connectivity index (χ0) is 10.6. The molecule has 0 bridgehead atoms. The molecule has 0 rings (SSSR count). The first-order chi connectivity index (χ1) is 5.91. The van der Waals surface area contributed by atoms with Crippen LogP contribution in [-0.4, -0.2) is 35.9 Å². The minimum Gasteiger partial charge on any atom is -0.409 e. The number of carbonyl (C=O) groups is 1. The molecule has 0 aliphatic carbocycles. The summed E-state index contributed by atoms with van der Waals surface area (Å²) < 4.78 is 0. The average molecular weight is 187 g/mol. The quantitative estimate of drug-likeness (QED) is 0.284. The predicted octanol–water partition coefficient (Wildman–Crippen LogP) is 0.0932. The maximum Gasteiger partial charge on any atom is 0.233 e. The minimum atomic E-state index is -0.542. The van der Waals surface area contributed by atoms with Crippen molar-refractivity contribution < 1.29 is 10.0 Å². The van der Waals surface area contributed by atoms with Gasteiger partial charge in [-0.1, -0.05) is 19.0 Å². The molecule has 0 heterocycles. The van der Waals surface area contributed by atoms with Gasteiger partial charge in [0.15, 0.2) is 5.84 Å². The Balaban J connectivity index is 4.72. The van der Waals surface area contributed by atoms with E-state index in [1.54, 1.807) is 14.1 Å². The fraction of sp³-hybridized carbons (Fsp3) is 0.750. The van der Waals surface area contributed by atoms with E-state index in [0.717, 1.165) is 0 Å². The standard InChI is InChI=1S/C8H17N3O2/c1-5(2)6(7(9)10-13)8(12)11(3)4/h5-6,13H,1-4H3,(H2,9,10). The van der Waals surface area contributed by atoms with Crippen LogP contribution in [-0.2, 0) is 4.79 Å². The van der Waals surface area contributed by atoms with E-state index in [9.17, 15) is 4.79 Å². The Hall–Kier alpha value is -1.26. The molecule has 0 aromatic carbocycles. The van der Waals surface area contributed by atoms with Crippen LogP contribution in [0.3, 0.4) is 0 Å². The number of hydrogen-bond acceptors (Lipinski definition) is 3. The van der Waals surface area contributed by atoms with Crippen molar-refractivity contribution in [1.29, 1.82) is 0 Å². The van der Waals surface area contributed by atoms with Crippen molar-refractivity contribution in [3.63, 3.8) is 0 Å². The van der Waals surface area contributed by atoms with Crippen LogP contribution < -0.4 is 5.73 Å². The van der Waals surface area contributed by atoms with E-state index in [1.807, 2.05) is 13.8 Å². The molecule has 5 nitrogen and oxygen atoms in total. The van der Waals surface area contributed by atoms with Crippen LogP contribution in [0.15, 0.2) is 5.16 Å². The fourth-order valence-corrected chi connectivity index (χ4v) is 1.09. The van der Waals surface area contributed by atoms with E-state index >= 15 is 0 Å². The zero-order valence-corrected chi connectivity index (χ0v) is 8.48. The monoisotopic (exact) mass is 187 g/mol. The Morgan fingerprint density at radius 2 is 1.92 bits per heavy atom. The van der Waals surface area contributed by atoms with Crippen molar-refractivity contribution in [2.45, 2.75) is 13.8 Å². The first kappa shape index (κ1) is 11.7. The summed E-state index contributed by atoms with van der Waals surface area (Å²) in [6.45, 7) is 3.70. The van der Waals surface area contributed by atoms with Crippen molar-refractivity contribution >= 4 is 11.7 Å². The molecule has 0 aromatic rings. The number of rotatable bonds is 3. The second kappa shape index (κ2) is 4.69.